The van der Waals surface area contributed by atoms with Gasteiger partial charge in [0.1, 0.15) is 6.61 Å². The van der Waals surface area contributed by atoms with Gasteiger partial charge in [-0.3, -0.25) is 0 Å². The van der Waals surface area contributed by atoms with Crippen molar-refractivity contribution >= 4 is 0 Å². The van der Waals surface area contributed by atoms with E-state index in [4.69, 9.17) is 5.11 Å². The van der Waals surface area contributed by atoms with Gasteiger partial charge < -0.3 is 5.11 Å². The highest BCUT2D eigenvalue weighted by atomic mass is 16.2. The van der Waals surface area contributed by atoms with Gasteiger partial charge in [-0.1, -0.05) is 23.5 Å². The minimum absolute atomic E-state index is 0.0101. The maximum atomic E-state index is 8.49. The van der Waals surface area contributed by atoms with Crippen molar-refractivity contribution in [3.8, 4) is 11.8 Å². The summed E-state index contributed by atoms with van der Waals surface area (Å²) in [7, 11) is 0. The number of rotatable bonds is 0. The Labute approximate surface area is 68.1 Å². The quantitative estimate of drug-likeness (QED) is 0.412. The molecule has 1 nitrogen and oxygen atoms in total. The molecule has 0 aliphatic heterocycles. The van der Waals surface area contributed by atoms with Gasteiger partial charge in [0.05, 0.1) is 0 Å². The number of hydrogen-bond acceptors (Lipinski definition) is 1. The van der Waals surface area contributed by atoms with Crippen molar-refractivity contribution in [3.63, 3.8) is 0 Å². The van der Waals surface area contributed by atoms with Crippen LogP contribution in [0.1, 0.15) is 26.2 Å². The van der Waals surface area contributed by atoms with E-state index in [-0.39, 0.29) is 6.61 Å². The van der Waals surface area contributed by atoms with Crippen LogP contribution in [-0.4, -0.2) is 11.7 Å². The Hall–Kier alpha value is -0.740. The molecule has 1 heteroatoms. The Balaban J connectivity index is 2.56. The molecule has 60 valence electrons. The monoisotopic (exact) mass is 150 g/mol. The number of hydrogen-bond donors (Lipinski definition) is 1. The molecule has 1 aliphatic carbocycles. The molecule has 1 N–H and O–H groups in total. The molecule has 0 saturated heterocycles. The van der Waals surface area contributed by atoms with Crippen molar-refractivity contribution in [1.82, 2.24) is 0 Å². The van der Waals surface area contributed by atoms with Crippen LogP contribution in [0.15, 0.2) is 11.6 Å². The van der Waals surface area contributed by atoms with E-state index < -0.39 is 0 Å². The molecule has 0 radical (unpaired) electrons. The van der Waals surface area contributed by atoms with Gasteiger partial charge in [0, 0.05) is 5.92 Å². The predicted octanol–water partition coefficient (Wildman–Crippen LogP) is 1.73. The smallest absolute Gasteiger partial charge is 0.104 e. The van der Waals surface area contributed by atoms with Gasteiger partial charge in [-0.25, -0.2) is 0 Å². The first-order valence-electron chi connectivity index (χ1n) is 4.10. The summed E-state index contributed by atoms with van der Waals surface area (Å²) < 4.78 is 0. The lowest BCUT2D eigenvalue weighted by Gasteiger charge is -2.15. The average molecular weight is 150 g/mol. The summed E-state index contributed by atoms with van der Waals surface area (Å²) in [4.78, 5) is 0. The number of allylic oxidation sites excluding steroid dienone is 2. The second-order valence-corrected chi connectivity index (χ2v) is 2.91. The van der Waals surface area contributed by atoms with E-state index in [0.29, 0.717) is 5.92 Å². The van der Waals surface area contributed by atoms with Crippen LogP contribution in [0.5, 0.6) is 0 Å². The molecular weight excluding hydrogens is 136 g/mol. The largest absolute Gasteiger partial charge is 0.384 e. The maximum Gasteiger partial charge on any atom is 0.104 e. The van der Waals surface area contributed by atoms with Crippen LogP contribution in [0.25, 0.3) is 0 Å². The van der Waals surface area contributed by atoms with Gasteiger partial charge in [0.25, 0.3) is 0 Å². The zero-order valence-corrected chi connectivity index (χ0v) is 6.93. The first kappa shape index (κ1) is 8.36. The van der Waals surface area contributed by atoms with Gasteiger partial charge in [-0.05, 0) is 26.2 Å². The topological polar surface area (TPSA) is 20.2 Å². The van der Waals surface area contributed by atoms with Crippen molar-refractivity contribution in [2.24, 2.45) is 5.92 Å². The first-order valence-corrected chi connectivity index (χ1v) is 4.10. The third kappa shape index (κ3) is 2.40. The number of aliphatic hydroxyl groups excluding tert-OH is 1. The molecule has 0 aromatic rings. The summed E-state index contributed by atoms with van der Waals surface area (Å²) in [6.45, 7) is 2.11. The fourth-order valence-corrected chi connectivity index (χ4v) is 1.38. The number of aliphatic hydroxyl groups is 1. The van der Waals surface area contributed by atoms with Crippen molar-refractivity contribution in [2.45, 2.75) is 26.2 Å². The Kier molecular flexibility index (Phi) is 3.19. The van der Waals surface area contributed by atoms with Gasteiger partial charge in [0.15, 0.2) is 0 Å². The lowest BCUT2D eigenvalue weighted by molar-refractivity contribution is 0.350. The summed E-state index contributed by atoms with van der Waals surface area (Å²) >= 11 is 0. The second kappa shape index (κ2) is 4.20. The Morgan fingerprint density at radius 2 is 2.55 bits per heavy atom. The summed E-state index contributed by atoms with van der Waals surface area (Å²) in [5.74, 6) is 6.18. The molecule has 0 aromatic carbocycles. The van der Waals surface area contributed by atoms with Crippen LogP contribution in [0.4, 0.5) is 0 Å². The molecule has 1 rings (SSSR count). The Bertz CT molecular complexity index is 205. The van der Waals surface area contributed by atoms with E-state index in [2.05, 4.69) is 24.8 Å². The molecule has 0 spiro atoms. The van der Waals surface area contributed by atoms with Crippen LogP contribution in [0.3, 0.4) is 0 Å². The first-order chi connectivity index (χ1) is 5.34. The van der Waals surface area contributed by atoms with E-state index in [1.165, 1.54) is 18.4 Å². The molecule has 0 saturated carbocycles. The van der Waals surface area contributed by atoms with Crippen LogP contribution < -0.4 is 0 Å². The minimum Gasteiger partial charge on any atom is -0.384 e. The van der Waals surface area contributed by atoms with Crippen molar-refractivity contribution in [2.75, 3.05) is 6.61 Å². The van der Waals surface area contributed by atoms with E-state index in [9.17, 15) is 0 Å². The molecule has 0 bridgehead atoms. The highest BCUT2D eigenvalue weighted by Crippen LogP contribution is 2.23. The van der Waals surface area contributed by atoms with Crippen LogP contribution >= 0.6 is 0 Å². The molecule has 1 unspecified atom stereocenters. The maximum absolute atomic E-state index is 8.49. The zero-order chi connectivity index (χ0) is 8.10. The normalized spacial score (nSPS) is 23.5. The van der Waals surface area contributed by atoms with E-state index in [0.717, 1.165) is 6.42 Å². The summed E-state index contributed by atoms with van der Waals surface area (Å²) in [5.41, 5.74) is 1.37. The predicted molar refractivity (Wildman–Crippen MR) is 46.0 cm³/mol. The van der Waals surface area contributed by atoms with Crippen LogP contribution in [0.2, 0.25) is 0 Å². The highest BCUT2D eigenvalue weighted by molar-refractivity contribution is 5.19. The fraction of sp³-hybridized carbons (Fsp3) is 0.600. The highest BCUT2D eigenvalue weighted by Gasteiger charge is 2.10. The molecule has 0 fully saturated rings. The lowest BCUT2D eigenvalue weighted by Crippen LogP contribution is -2.03. The van der Waals surface area contributed by atoms with Crippen molar-refractivity contribution in [3.05, 3.63) is 11.6 Å². The summed E-state index contributed by atoms with van der Waals surface area (Å²) in [6.07, 6.45) is 5.85. The van der Waals surface area contributed by atoms with Gasteiger partial charge in [-0.15, -0.1) is 0 Å². The zero-order valence-electron chi connectivity index (χ0n) is 6.93. The Morgan fingerprint density at radius 3 is 3.18 bits per heavy atom. The van der Waals surface area contributed by atoms with E-state index in [1.54, 1.807) is 0 Å². The second-order valence-electron chi connectivity index (χ2n) is 2.91. The Morgan fingerprint density at radius 1 is 1.73 bits per heavy atom. The third-order valence-electron chi connectivity index (χ3n) is 2.07. The summed E-state index contributed by atoms with van der Waals surface area (Å²) in [5, 5.41) is 8.49. The van der Waals surface area contributed by atoms with Gasteiger partial charge in [0.2, 0.25) is 0 Å². The molecule has 1 aliphatic rings. The van der Waals surface area contributed by atoms with Gasteiger partial charge >= 0.3 is 0 Å². The lowest BCUT2D eigenvalue weighted by atomic mass is 9.89. The molecule has 1 atom stereocenters. The molecular formula is C10H14O. The third-order valence-corrected chi connectivity index (χ3v) is 2.07. The summed E-state index contributed by atoms with van der Waals surface area (Å²) in [6, 6.07) is 0. The molecule has 0 aromatic heterocycles. The van der Waals surface area contributed by atoms with Gasteiger partial charge in [-0.2, -0.15) is 0 Å². The van der Waals surface area contributed by atoms with Crippen molar-refractivity contribution < 1.29 is 5.11 Å². The van der Waals surface area contributed by atoms with Crippen molar-refractivity contribution in [1.29, 1.82) is 0 Å². The fourth-order valence-electron chi connectivity index (χ4n) is 1.38. The standard InChI is InChI=1S/C10H14O/c1-9-5-2-3-6-10(9)7-4-8-11/h5,10-11H,2-3,6,8H2,1H3. The van der Waals surface area contributed by atoms with Crippen LogP contribution in [-0.2, 0) is 0 Å². The molecule has 11 heavy (non-hydrogen) atoms. The minimum atomic E-state index is -0.0101. The SMILES string of the molecule is CC1=CCCCC1C#CCO. The molecule has 0 amide bonds. The van der Waals surface area contributed by atoms with Crippen LogP contribution in [0, 0.1) is 17.8 Å². The van der Waals surface area contributed by atoms with E-state index in [1.807, 2.05) is 0 Å². The average Bonchev–Trinajstić information content (AvgIpc) is 2.03. The molecule has 0 heterocycles. The van der Waals surface area contributed by atoms with E-state index >= 15 is 0 Å².